The normalized spacial score (nSPS) is 15.7. The van der Waals surface area contributed by atoms with Gasteiger partial charge in [-0.1, -0.05) is 25.0 Å². The molecule has 0 aromatic heterocycles. The Bertz CT molecular complexity index is 496. The molecule has 1 aromatic carbocycles. The van der Waals surface area contributed by atoms with E-state index in [2.05, 4.69) is 0 Å². The lowest BCUT2D eigenvalue weighted by molar-refractivity contribution is -0.139. The van der Waals surface area contributed by atoms with E-state index < -0.39 is 11.9 Å². The molecule has 3 N–H and O–H groups in total. The van der Waals surface area contributed by atoms with Gasteiger partial charge in [0.05, 0.1) is 6.54 Å². The van der Waals surface area contributed by atoms with Crippen molar-refractivity contribution in [1.29, 1.82) is 0 Å². The molecule has 0 unspecified atom stereocenters. The third-order valence-electron chi connectivity index (χ3n) is 3.78. The number of primary amides is 1. The van der Waals surface area contributed by atoms with Crippen LogP contribution in [0, 0.1) is 0 Å². The quantitative estimate of drug-likeness (QED) is 0.827. The standard InChI is InChI=1S/C15H20N2O3/c16-15(20)12-5-3-4-11(8-12)9-17(10-14(18)19)13-6-1-2-7-13/h3-5,8,13H,1-2,6-7,9-10H2,(H2,16,20)(H,18,19). The first kappa shape index (κ1) is 14.5. The van der Waals surface area contributed by atoms with Crippen LogP contribution in [-0.4, -0.2) is 34.5 Å². The van der Waals surface area contributed by atoms with Crippen molar-refractivity contribution in [2.45, 2.75) is 38.3 Å². The second-order valence-electron chi connectivity index (χ2n) is 5.30. The molecule has 1 aliphatic rings. The van der Waals surface area contributed by atoms with Gasteiger partial charge in [0, 0.05) is 18.2 Å². The SMILES string of the molecule is NC(=O)c1cccc(CN(CC(=O)O)C2CCCC2)c1. The van der Waals surface area contributed by atoms with E-state index in [0.29, 0.717) is 18.2 Å². The van der Waals surface area contributed by atoms with Gasteiger partial charge in [0.1, 0.15) is 0 Å². The number of rotatable bonds is 6. The number of aliphatic carboxylic acids is 1. The zero-order valence-electron chi connectivity index (χ0n) is 11.4. The minimum atomic E-state index is -0.817. The third kappa shape index (κ3) is 3.81. The predicted molar refractivity (Wildman–Crippen MR) is 75.3 cm³/mol. The number of carboxylic acid groups (broad SMARTS) is 1. The van der Waals surface area contributed by atoms with Crippen molar-refractivity contribution in [2.24, 2.45) is 5.73 Å². The molecule has 0 aliphatic heterocycles. The highest BCUT2D eigenvalue weighted by atomic mass is 16.4. The minimum Gasteiger partial charge on any atom is -0.480 e. The average molecular weight is 276 g/mol. The Morgan fingerprint density at radius 1 is 1.30 bits per heavy atom. The first-order valence-corrected chi connectivity index (χ1v) is 6.91. The summed E-state index contributed by atoms with van der Waals surface area (Å²) >= 11 is 0. The number of carbonyl (C=O) groups is 2. The van der Waals surface area contributed by atoms with Crippen molar-refractivity contribution in [3.05, 3.63) is 35.4 Å². The summed E-state index contributed by atoms with van der Waals surface area (Å²) in [5.41, 5.74) is 6.66. The van der Waals surface area contributed by atoms with Gasteiger partial charge in [-0.25, -0.2) is 0 Å². The summed E-state index contributed by atoms with van der Waals surface area (Å²) in [6.45, 7) is 0.573. The Kier molecular flexibility index (Phi) is 4.74. The van der Waals surface area contributed by atoms with Crippen LogP contribution in [0.5, 0.6) is 0 Å². The fourth-order valence-electron chi connectivity index (χ4n) is 2.81. The Hall–Kier alpha value is -1.88. The molecule has 0 spiro atoms. The second kappa shape index (κ2) is 6.52. The van der Waals surface area contributed by atoms with Gasteiger partial charge in [-0.2, -0.15) is 0 Å². The monoisotopic (exact) mass is 276 g/mol. The lowest BCUT2D eigenvalue weighted by Crippen LogP contribution is -2.37. The average Bonchev–Trinajstić information content (AvgIpc) is 2.91. The van der Waals surface area contributed by atoms with Gasteiger partial charge in [-0.05, 0) is 30.5 Å². The van der Waals surface area contributed by atoms with E-state index in [4.69, 9.17) is 10.8 Å². The molecule has 0 atom stereocenters. The first-order valence-electron chi connectivity index (χ1n) is 6.91. The van der Waals surface area contributed by atoms with E-state index >= 15 is 0 Å². The number of hydrogen-bond acceptors (Lipinski definition) is 3. The molecule has 0 saturated heterocycles. The summed E-state index contributed by atoms with van der Waals surface area (Å²) in [4.78, 5) is 24.2. The van der Waals surface area contributed by atoms with E-state index in [1.807, 2.05) is 11.0 Å². The topological polar surface area (TPSA) is 83.6 Å². The van der Waals surface area contributed by atoms with E-state index in [0.717, 1.165) is 31.2 Å². The molecule has 0 radical (unpaired) electrons. The van der Waals surface area contributed by atoms with Gasteiger partial charge in [0.25, 0.3) is 0 Å². The molecule has 1 fully saturated rings. The van der Waals surface area contributed by atoms with Crippen molar-refractivity contribution in [2.75, 3.05) is 6.54 Å². The summed E-state index contributed by atoms with van der Waals surface area (Å²) in [7, 11) is 0. The van der Waals surface area contributed by atoms with Gasteiger partial charge in [-0.15, -0.1) is 0 Å². The molecular weight excluding hydrogens is 256 g/mol. The molecule has 5 heteroatoms. The lowest BCUT2D eigenvalue weighted by Gasteiger charge is -2.27. The van der Waals surface area contributed by atoms with E-state index in [9.17, 15) is 9.59 Å². The molecule has 20 heavy (non-hydrogen) atoms. The van der Waals surface area contributed by atoms with Crippen LogP contribution >= 0.6 is 0 Å². The Morgan fingerprint density at radius 2 is 2.00 bits per heavy atom. The van der Waals surface area contributed by atoms with Gasteiger partial charge in [-0.3, -0.25) is 14.5 Å². The summed E-state index contributed by atoms with van der Waals surface area (Å²) in [5, 5.41) is 9.05. The predicted octanol–water partition coefficient (Wildman–Crippen LogP) is 1.61. The van der Waals surface area contributed by atoms with Crippen LogP contribution < -0.4 is 5.73 Å². The van der Waals surface area contributed by atoms with Crippen LogP contribution in [0.2, 0.25) is 0 Å². The van der Waals surface area contributed by atoms with Crippen LogP contribution in [0.1, 0.15) is 41.6 Å². The smallest absolute Gasteiger partial charge is 0.317 e. The number of benzene rings is 1. The van der Waals surface area contributed by atoms with Crippen molar-refractivity contribution in [3.8, 4) is 0 Å². The zero-order chi connectivity index (χ0) is 14.5. The maximum Gasteiger partial charge on any atom is 0.317 e. The van der Waals surface area contributed by atoms with Crippen LogP contribution in [0.4, 0.5) is 0 Å². The molecule has 1 amide bonds. The minimum absolute atomic E-state index is 0.0332. The Balaban J connectivity index is 2.11. The highest BCUT2D eigenvalue weighted by Gasteiger charge is 2.24. The molecule has 2 rings (SSSR count). The number of nitrogens with two attached hydrogens (primary N) is 1. The Labute approximate surface area is 118 Å². The lowest BCUT2D eigenvalue weighted by atomic mass is 10.1. The maximum absolute atomic E-state index is 11.2. The molecule has 0 heterocycles. The number of nitrogens with zero attached hydrogens (tertiary/aromatic N) is 1. The van der Waals surface area contributed by atoms with E-state index in [-0.39, 0.29) is 6.54 Å². The third-order valence-corrected chi connectivity index (χ3v) is 3.78. The number of hydrogen-bond donors (Lipinski definition) is 2. The largest absolute Gasteiger partial charge is 0.480 e. The van der Waals surface area contributed by atoms with Gasteiger partial charge >= 0.3 is 5.97 Å². The molecule has 1 saturated carbocycles. The number of amides is 1. The summed E-state index contributed by atoms with van der Waals surface area (Å²) in [6, 6.07) is 7.41. The zero-order valence-corrected chi connectivity index (χ0v) is 11.4. The number of carbonyl (C=O) groups excluding carboxylic acids is 1. The van der Waals surface area contributed by atoms with Crippen LogP contribution in [-0.2, 0) is 11.3 Å². The fraction of sp³-hybridized carbons (Fsp3) is 0.467. The van der Waals surface area contributed by atoms with Crippen LogP contribution in [0.15, 0.2) is 24.3 Å². The van der Waals surface area contributed by atoms with Crippen LogP contribution in [0.25, 0.3) is 0 Å². The first-order chi connectivity index (χ1) is 9.56. The maximum atomic E-state index is 11.2. The summed E-state index contributed by atoms with van der Waals surface area (Å²) in [6.07, 6.45) is 4.40. The van der Waals surface area contributed by atoms with Crippen molar-refractivity contribution in [3.63, 3.8) is 0 Å². The molecule has 5 nitrogen and oxygen atoms in total. The second-order valence-corrected chi connectivity index (χ2v) is 5.30. The van der Waals surface area contributed by atoms with Gasteiger partial charge < -0.3 is 10.8 Å². The summed E-state index contributed by atoms with van der Waals surface area (Å²) < 4.78 is 0. The summed E-state index contributed by atoms with van der Waals surface area (Å²) in [5.74, 6) is -1.28. The molecule has 108 valence electrons. The highest BCUT2D eigenvalue weighted by Crippen LogP contribution is 2.25. The molecular formula is C15H20N2O3. The van der Waals surface area contributed by atoms with Crippen molar-refractivity contribution >= 4 is 11.9 Å². The fourth-order valence-corrected chi connectivity index (χ4v) is 2.81. The van der Waals surface area contributed by atoms with Crippen LogP contribution in [0.3, 0.4) is 0 Å². The van der Waals surface area contributed by atoms with Crippen molar-refractivity contribution < 1.29 is 14.7 Å². The van der Waals surface area contributed by atoms with Crippen molar-refractivity contribution in [1.82, 2.24) is 4.90 Å². The molecule has 1 aliphatic carbocycles. The number of carboxylic acids is 1. The van der Waals surface area contributed by atoms with E-state index in [1.54, 1.807) is 18.2 Å². The molecule has 0 bridgehead atoms. The highest BCUT2D eigenvalue weighted by molar-refractivity contribution is 5.92. The van der Waals surface area contributed by atoms with E-state index in [1.165, 1.54) is 0 Å². The Morgan fingerprint density at radius 3 is 2.60 bits per heavy atom. The molecule has 1 aromatic rings. The van der Waals surface area contributed by atoms with Gasteiger partial charge in [0.15, 0.2) is 0 Å². The van der Waals surface area contributed by atoms with Gasteiger partial charge in [0.2, 0.25) is 5.91 Å².